The molecule has 2 aromatic rings. The van der Waals surface area contributed by atoms with Crippen molar-refractivity contribution in [1.82, 2.24) is 0 Å². The normalized spacial score (nSPS) is 13.7. The van der Waals surface area contributed by atoms with Crippen LogP contribution in [-0.4, -0.2) is 31.2 Å². The summed E-state index contributed by atoms with van der Waals surface area (Å²) in [6.45, 7) is 2.39. The Kier molecular flexibility index (Phi) is 5.54. The molecule has 0 aliphatic carbocycles. The molecule has 3 rings (SSSR count). The number of hydrogen-bond donors (Lipinski definition) is 1. The molecule has 8 heteroatoms. The van der Waals surface area contributed by atoms with Gasteiger partial charge in [0.05, 0.1) is 15.6 Å². The molecule has 0 fully saturated rings. The molecule has 2 aromatic carbocycles. The SMILES string of the molecule is C[C@@H](OC(=O)c1cccc(Cl)c1Cl)C(=O)Nc1ccc2c(c1)OCCO2. The van der Waals surface area contributed by atoms with E-state index < -0.39 is 18.0 Å². The maximum absolute atomic E-state index is 12.3. The summed E-state index contributed by atoms with van der Waals surface area (Å²) in [5.41, 5.74) is 0.598. The quantitative estimate of drug-likeness (QED) is 0.793. The molecule has 1 atom stereocenters. The summed E-state index contributed by atoms with van der Waals surface area (Å²) in [7, 11) is 0. The van der Waals surface area contributed by atoms with E-state index in [0.717, 1.165) is 0 Å². The number of carbonyl (C=O) groups excluding carboxylic acids is 2. The second kappa shape index (κ2) is 7.85. The third-order valence-corrected chi connectivity index (χ3v) is 4.45. The first kappa shape index (κ1) is 18.4. The Bertz CT molecular complexity index is 855. The third kappa shape index (κ3) is 4.03. The van der Waals surface area contributed by atoms with Gasteiger partial charge in [0.2, 0.25) is 0 Å². The molecule has 1 aliphatic rings. The first-order valence-corrected chi connectivity index (χ1v) is 8.57. The van der Waals surface area contributed by atoms with Crippen LogP contribution in [0.4, 0.5) is 5.69 Å². The second-order valence-corrected chi connectivity index (χ2v) is 6.28. The minimum absolute atomic E-state index is 0.0820. The molecule has 1 aliphatic heterocycles. The number of anilines is 1. The number of benzene rings is 2. The summed E-state index contributed by atoms with van der Waals surface area (Å²) < 4.78 is 16.1. The third-order valence-electron chi connectivity index (χ3n) is 3.63. The number of rotatable bonds is 4. The molecule has 0 radical (unpaired) electrons. The van der Waals surface area contributed by atoms with Crippen LogP contribution in [0.3, 0.4) is 0 Å². The number of esters is 1. The molecule has 0 aromatic heterocycles. The average Bonchev–Trinajstić information content (AvgIpc) is 2.63. The number of fused-ring (bicyclic) bond motifs is 1. The highest BCUT2D eigenvalue weighted by Gasteiger charge is 2.22. The van der Waals surface area contributed by atoms with E-state index >= 15 is 0 Å². The van der Waals surface area contributed by atoms with Gasteiger partial charge in [-0.2, -0.15) is 0 Å². The zero-order valence-corrected chi connectivity index (χ0v) is 15.3. The van der Waals surface area contributed by atoms with Crippen molar-refractivity contribution in [2.75, 3.05) is 18.5 Å². The highest BCUT2D eigenvalue weighted by atomic mass is 35.5. The first-order valence-electron chi connectivity index (χ1n) is 7.81. The fourth-order valence-corrected chi connectivity index (χ4v) is 2.68. The Labute approximate surface area is 159 Å². The van der Waals surface area contributed by atoms with E-state index in [1.807, 2.05) is 0 Å². The largest absolute Gasteiger partial charge is 0.486 e. The molecule has 6 nitrogen and oxygen atoms in total. The van der Waals surface area contributed by atoms with Gasteiger partial charge in [-0.05, 0) is 31.2 Å². The highest BCUT2D eigenvalue weighted by Crippen LogP contribution is 2.32. The standard InChI is InChI=1S/C18H15Cl2NO5/c1-10(26-18(23)12-3-2-4-13(19)16(12)20)17(22)21-11-5-6-14-15(9-11)25-8-7-24-14/h2-6,9-10H,7-8H2,1H3,(H,21,22)/t10-/m1/s1. The van der Waals surface area contributed by atoms with E-state index in [9.17, 15) is 9.59 Å². The second-order valence-electron chi connectivity index (χ2n) is 5.50. The fourth-order valence-electron chi connectivity index (χ4n) is 2.30. The van der Waals surface area contributed by atoms with Crippen molar-refractivity contribution in [3.8, 4) is 11.5 Å². The number of halogens is 2. The molecule has 0 spiro atoms. The van der Waals surface area contributed by atoms with E-state index in [0.29, 0.717) is 30.4 Å². The molecular weight excluding hydrogens is 381 g/mol. The number of ether oxygens (including phenoxy) is 3. The lowest BCUT2D eigenvalue weighted by atomic mass is 10.2. The maximum Gasteiger partial charge on any atom is 0.340 e. The molecule has 0 bridgehead atoms. The Balaban J connectivity index is 1.64. The fraction of sp³-hybridized carbons (Fsp3) is 0.222. The number of nitrogens with one attached hydrogen (secondary N) is 1. The summed E-state index contributed by atoms with van der Waals surface area (Å²) >= 11 is 11.9. The summed E-state index contributed by atoms with van der Waals surface area (Å²) in [5, 5.41) is 2.98. The predicted octanol–water partition coefficient (Wildman–Crippen LogP) is 3.95. The van der Waals surface area contributed by atoms with Crippen molar-refractivity contribution in [2.24, 2.45) is 0 Å². The van der Waals surface area contributed by atoms with Crippen molar-refractivity contribution >= 4 is 40.8 Å². The maximum atomic E-state index is 12.3. The van der Waals surface area contributed by atoms with Gasteiger partial charge in [0.25, 0.3) is 5.91 Å². The lowest BCUT2D eigenvalue weighted by molar-refractivity contribution is -0.123. The van der Waals surface area contributed by atoms with Gasteiger partial charge >= 0.3 is 5.97 Å². The van der Waals surface area contributed by atoms with Crippen LogP contribution in [0.1, 0.15) is 17.3 Å². The topological polar surface area (TPSA) is 73.9 Å². The van der Waals surface area contributed by atoms with Crippen LogP contribution in [0.15, 0.2) is 36.4 Å². The van der Waals surface area contributed by atoms with Gasteiger partial charge in [-0.3, -0.25) is 4.79 Å². The van der Waals surface area contributed by atoms with Crippen molar-refractivity contribution in [1.29, 1.82) is 0 Å². The molecule has 26 heavy (non-hydrogen) atoms. The lowest BCUT2D eigenvalue weighted by Gasteiger charge is -2.19. The van der Waals surface area contributed by atoms with Gasteiger partial charge in [-0.25, -0.2) is 4.79 Å². The van der Waals surface area contributed by atoms with E-state index in [1.54, 1.807) is 30.3 Å². The Morgan fingerprint density at radius 2 is 1.85 bits per heavy atom. The molecule has 1 heterocycles. The van der Waals surface area contributed by atoms with Gasteiger partial charge in [-0.15, -0.1) is 0 Å². The van der Waals surface area contributed by atoms with Crippen molar-refractivity contribution < 1.29 is 23.8 Å². The van der Waals surface area contributed by atoms with E-state index in [4.69, 9.17) is 37.4 Å². The van der Waals surface area contributed by atoms with Crippen molar-refractivity contribution in [3.63, 3.8) is 0 Å². The molecule has 1 N–H and O–H groups in total. The number of carbonyl (C=O) groups is 2. The molecule has 136 valence electrons. The zero-order chi connectivity index (χ0) is 18.7. The summed E-state index contributed by atoms with van der Waals surface area (Å²) in [4.78, 5) is 24.5. The minimum atomic E-state index is -1.04. The number of hydrogen-bond acceptors (Lipinski definition) is 5. The van der Waals surface area contributed by atoms with Gasteiger partial charge in [0.1, 0.15) is 13.2 Å². The zero-order valence-electron chi connectivity index (χ0n) is 13.8. The van der Waals surface area contributed by atoms with Crippen LogP contribution in [0.25, 0.3) is 0 Å². The molecule has 0 saturated heterocycles. The van der Waals surface area contributed by atoms with Crippen LogP contribution in [-0.2, 0) is 9.53 Å². The predicted molar refractivity (Wildman–Crippen MR) is 97.4 cm³/mol. The Morgan fingerprint density at radius 3 is 2.62 bits per heavy atom. The Morgan fingerprint density at radius 1 is 1.12 bits per heavy atom. The molecule has 1 amide bonds. The monoisotopic (exact) mass is 395 g/mol. The summed E-state index contributed by atoms with van der Waals surface area (Å²) in [6.07, 6.45) is -1.04. The molecular formula is C18H15Cl2NO5. The molecule has 0 saturated carbocycles. The van der Waals surface area contributed by atoms with Crippen LogP contribution < -0.4 is 14.8 Å². The summed E-state index contributed by atoms with van der Waals surface area (Å²) in [6, 6.07) is 9.63. The average molecular weight is 396 g/mol. The van der Waals surface area contributed by atoms with Gasteiger partial charge in [0.15, 0.2) is 17.6 Å². The van der Waals surface area contributed by atoms with Crippen molar-refractivity contribution in [3.05, 3.63) is 52.0 Å². The van der Waals surface area contributed by atoms with Gasteiger partial charge < -0.3 is 19.5 Å². The number of amides is 1. The van der Waals surface area contributed by atoms with Crippen LogP contribution >= 0.6 is 23.2 Å². The summed E-state index contributed by atoms with van der Waals surface area (Å²) in [5.74, 6) is -0.0655. The van der Waals surface area contributed by atoms with E-state index in [-0.39, 0.29) is 15.6 Å². The van der Waals surface area contributed by atoms with Gasteiger partial charge in [0, 0.05) is 11.8 Å². The smallest absolute Gasteiger partial charge is 0.340 e. The highest BCUT2D eigenvalue weighted by molar-refractivity contribution is 6.43. The van der Waals surface area contributed by atoms with Crippen LogP contribution in [0, 0.1) is 0 Å². The van der Waals surface area contributed by atoms with Crippen molar-refractivity contribution in [2.45, 2.75) is 13.0 Å². The van der Waals surface area contributed by atoms with E-state index in [1.165, 1.54) is 13.0 Å². The minimum Gasteiger partial charge on any atom is -0.486 e. The van der Waals surface area contributed by atoms with Crippen LogP contribution in [0.2, 0.25) is 10.0 Å². The van der Waals surface area contributed by atoms with Gasteiger partial charge in [-0.1, -0.05) is 29.3 Å². The first-order chi connectivity index (χ1) is 12.5. The van der Waals surface area contributed by atoms with E-state index in [2.05, 4.69) is 5.32 Å². The lowest BCUT2D eigenvalue weighted by Crippen LogP contribution is -2.30. The van der Waals surface area contributed by atoms with Crippen LogP contribution in [0.5, 0.6) is 11.5 Å². The Hall–Kier alpha value is -2.44. The molecule has 0 unspecified atom stereocenters.